The molecular weight excluding hydrogens is 297 g/mol. The van der Waals surface area contributed by atoms with Gasteiger partial charge in [0, 0.05) is 30.0 Å². The zero-order valence-corrected chi connectivity index (χ0v) is 10.6. The number of alkyl halides is 3. The molecule has 104 valence electrons. The fourth-order valence-corrected chi connectivity index (χ4v) is 1.77. The van der Waals surface area contributed by atoms with Crippen molar-refractivity contribution < 1.29 is 26.3 Å². The van der Waals surface area contributed by atoms with E-state index in [9.17, 15) is 21.6 Å². The summed E-state index contributed by atoms with van der Waals surface area (Å²) < 4.78 is 62.6. The van der Waals surface area contributed by atoms with Gasteiger partial charge in [0.1, 0.15) is 11.5 Å². The predicted molar refractivity (Wildman–Crippen MR) is 56.8 cm³/mol. The maximum absolute atomic E-state index is 11.7. The van der Waals surface area contributed by atoms with Crippen molar-refractivity contribution in [1.29, 1.82) is 0 Å². The third kappa shape index (κ3) is 5.69. The lowest BCUT2D eigenvalue weighted by Crippen LogP contribution is -2.17. The van der Waals surface area contributed by atoms with Crippen LogP contribution < -0.4 is 0 Å². The molecule has 0 radical (unpaired) electrons. The number of nitrogens with zero attached hydrogens (tertiary/aromatic N) is 2. The lowest BCUT2D eigenvalue weighted by atomic mass is 10.4. The molecule has 5 nitrogen and oxygen atoms in total. The first-order valence-corrected chi connectivity index (χ1v) is 7.11. The van der Waals surface area contributed by atoms with Gasteiger partial charge in [-0.25, -0.2) is 8.42 Å². The number of rotatable bonds is 6. The molecule has 10 heteroatoms. The minimum atomic E-state index is -4.34. The van der Waals surface area contributed by atoms with Gasteiger partial charge in [-0.05, 0) is 6.42 Å². The van der Waals surface area contributed by atoms with Crippen LogP contribution in [0.1, 0.15) is 6.42 Å². The first kappa shape index (κ1) is 15.3. The number of ether oxygens (including phenoxy) is 1. The Morgan fingerprint density at radius 1 is 1.44 bits per heavy atom. The Bertz CT molecular complexity index is 486. The molecule has 0 aliphatic heterocycles. The largest absolute Gasteiger partial charge is 0.411 e. The number of hydrogen-bond acceptors (Lipinski definition) is 4. The summed E-state index contributed by atoms with van der Waals surface area (Å²) in [6.45, 7) is -1.15. The Morgan fingerprint density at radius 3 is 2.61 bits per heavy atom. The van der Waals surface area contributed by atoms with Crippen LogP contribution >= 0.6 is 10.7 Å². The second-order valence-electron chi connectivity index (χ2n) is 3.40. The molecule has 1 heterocycles. The minimum absolute atomic E-state index is 0.0949. The van der Waals surface area contributed by atoms with E-state index in [0.717, 1.165) is 6.20 Å². The highest BCUT2D eigenvalue weighted by Gasteiger charge is 2.27. The van der Waals surface area contributed by atoms with Crippen molar-refractivity contribution in [1.82, 2.24) is 9.78 Å². The number of halogens is 4. The highest BCUT2D eigenvalue weighted by molar-refractivity contribution is 8.13. The van der Waals surface area contributed by atoms with Crippen LogP contribution in [-0.2, 0) is 20.3 Å². The van der Waals surface area contributed by atoms with Crippen LogP contribution in [0.3, 0.4) is 0 Å². The number of aryl methyl sites for hydroxylation is 1. The van der Waals surface area contributed by atoms with E-state index in [1.165, 1.54) is 10.9 Å². The van der Waals surface area contributed by atoms with Crippen LogP contribution in [0.25, 0.3) is 0 Å². The third-order valence-electron chi connectivity index (χ3n) is 1.83. The van der Waals surface area contributed by atoms with Crippen molar-refractivity contribution in [2.24, 2.45) is 0 Å². The summed E-state index contributed by atoms with van der Waals surface area (Å²) >= 11 is 0. The summed E-state index contributed by atoms with van der Waals surface area (Å²) in [7, 11) is 1.25. The first-order valence-electron chi connectivity index (χ1n) is 4.80. The van der Waals surface area contributed by atoms with E-state index >= 15 is 0 Å². The molecule has 0 N–H and O–H groups in total. The van der Waals surface area contributed by atoms with E-state index in [1.807, 2.05) is 0 Å². The zero-order chi connectivity index (χ0) is 13.8. The van der Waals surface area contributed by atoms with E-state index in [1.54, 1.807) is 0 Å². The molecule has 0 aliphatic rings. The molecule has 0 spiro atoms. The first-order chi connectivity index (χ1) is 8.18. The van der Waals surface area contributed by atoms with Crippen LogP contribution in [0.15, 0.2) is 17.3 Å². The molecule has 1 aromatic heterocycles. The molecule has 0 fully saturated rings. The van der Waals surface area contributed by atoms with Gasteiger partial charge in [0.25, 0.3) is 9.05 Å². The molecule has 0 aliphatic carbocycles. The van der Waals surface area contributed by atoms with Gasteiger partial charge in [0.15, 0.2) is 0 Å². The Kier molecular flexibility index (Phi) is 5.00. The fourth-order valence-electron chi connectivity index (χ4n) is 1.11. The predicted octanol–water partition coefficient (Wildman–Crippen LogP) is 1.78. The molecule has 0 bridgehead atoms. The summed E-state index contributed by atoms with van der Waals surface area (Å²) in [6, 6.07) is 0. The van der Waals surface area contributed by atoms with Gasteiger partial charge in [-0.1, -0.05) is 0 Å². The Labute approximate surface area is 106 Å². The summed E-state index contributed by atoms with van der Waals surface area (Å²) in [5.74, 6) is 0. The monoisotopic (exact) mass is 306 g/mol. The molecular formula is C8H10ClF3N2O3S. The van der Waals surface area contributed by atoms with Crippen LogP contribution in [0.2, 0.25) is 0 Å². The normalized spacial score (nSPS) is 12.9. The molecule has 0 atom stereocenters. The van der Waals surface area contributed by atoms with E-state index < -0.39 is 21.8 Å². The van der Waals surface area contributed by atoms with Gasteiger partial charge in [0.05, 0.1) is 6.20 Å². The minimum Gasteiger partial charge on any atom is -0.372 e. The lowest BCUT2D eigenvalue weighted by Gasteiger charge is -2.07. The van der Waals surface area contributed by atoms with E-state index in [4.69, 9.17) is 10.7 Å². The van der Waals surface area contributed by atoms with Gasteiger partial charge in [0.2, 0.25) is 0 Å². The van der Waals surface area contributed by atoms with Gasteiger partial charge < -0.3 is 4.74 Å². The smallest absolute Gasteiger partial charge is 0.372 e. The molecule has 0 amide bonds. The quantitative estimate of drug-likeness (QED) is 0.594. The van der Waals surface area contributed by atoms with Gasteiger partial charge in [-0.2, -0.15) is 18.3 Å². The van der Waals surface area contributed by atoms with E-state index in [0.29, 0.717) is 0 Å². The maximum atomic E-state index is 11.7. The summed E-state index contributed by atoms with van der Waals surface area (Å²) in [5.41, 5.74) is 0. The average Bonchev–Trinajstić information content (AvgIpc) is 2.63. The fraction of sp³-hybridized carbons (Fsp3) is 0.625. The summed E-state index contributed by atoms with van der Waals surface area (Å²) in [5, 5.41) is 3.70. The Balaban J connectivity index is 2.31. The van der Waals surface area contributed by atoms with E-state index in [2.05, 4.69) is 9.84 Å². The van der Waals surface area contributed by atoms with Crippen molar-refractivity contribution in [3.63, 3.8) is 0 Å². The zero-order valence-electron chi connectivity index (χ0n) is 9.02. The topological polar surface area (TPSA) is 61.2 Å². The highest BCUT2D eigenvalue weighted by Crippen LogP contribution is 2.15. The molecule has 0 aromatic carbocycles. The van der Waals surface area contributed by atoms with Crippen LogP contribution in [-0.4, -0.2) is 37.6 Å². The van der Waals surface area contributed by atoms with Gasteiger partial charge >= 0.3 is 6.18 Å². The average molecular weight is 307 g/mol. The maximum Gasteiger partial charge on any atom is 0.411 e. The molecule has 1 rings (SSSR count). The van der Waals surface area contributed by atoms with Gasteiger partial charge in [-0.3, -0.25) is 4.68 Å². The van der Waals surface area contributed by atoms with Gasteiger partial charge in [-0.15, -0.1) is 0 Å². The van der Waals surface area contributed by atoms with Crippen molar-refractivity contribution in [2.75, 3.05) is 13.2 Å². The molecule has 1 aromatic rings. The Morgan fingerprint density at radius 2 is 2.11 bits per heavy atom. The van der Waals surface area contributed by atoms with Crippen molar-refractivity contribution >= 4 is 19.7 Å². The van der Waals surface area contributed by atoms with E-state index in [-0.39, 0.29) is 24.5 Å². The van der Waals surface area contributed by atoms with Crippen molar-refractivity contribution in [2.45, 2.75) is 24.0 Å². The van der Waals surface area contributed by atoms with Crippen molar-refractivity contribution in [3.8, 4) is 0 Å². The summed E-state index contributed by atoms with van der Waals surface area (Å²) in [4.78, 5) is -0.152. The second-order valence-corrected chi connectivity index (χ2v) is 5.96. The standard InChI is InChI=1S/C8H10ClF3N2O3S/c9-18(15,16)7-4-13-14(5-7)2-1-3-17-6-8(10,11)12/h4-5H,1-3,6H2. The lowest BCUT2D eigenvalue weighted by molar-refractivity contribution is -0.174. The molecule has 18 heavy (non-hydrogen) atoms. The second kappa shape index (κ2) is 5.89. The highest BCUT2D eigenvalue weighted by atomic mass is 35.7. The number of hydrogen-bond donors (Lipinski definition) is 0. The van der Waals surface area contributed by atoms with Crippen molar-refractivity contribution in [3.05, 3.63) is 12.4 Å². The molecule has 0 unspecified atom stereocenters. The van der Waals surface area contributed by atoms with Crippen LogP contribution in [0.5, 0.6) is 0 Å². The van der Waals surface area contributed by atoms with Crippen LogP contribution in [0, 0.1) is 0 Å². The van der Waals surface area contributed by atoms with Crippen LogP contribution in [0.4, 0.5) is 13.2 Å². The molecule has 0 saturated carbocycles. The SMILES string of the molecule is O=S(=O)(Cl)c1cnn(CCCOCC(F)(F)F)c1. The summed E-state index contributed by atoms with van der Waals surface area (Å²) in [6.07, 6.45) is -1.80. The third-order valence-corrected chi connectivity index (χ3v) is 3.14. The number of aromatic nitrogens is 2. The Hall–Kier alpha value is -0.800. The molecule has 0 saturated heterocycles.